The zero-order chi connectivity index (χ0) is 15.5. The van der Waals surface area contributed by atoms with Crippen molar-refractivity contribution in [3.8, 4) is 0 Å². The van der Waals surface area contributed by atoms with Crippen LogP contribution in [0.5, 0.6) is 0 Å². The molecule has 5 nitrogen and oxygen atoms in total. The Labute approximate surface area is 127 Å². The topological polar surface area (TPSA) is 71.3 Å². The summed E-state index contributed by atoms with van der Waals surface area (Å²) in [7, 11) is -3.46. The highest BCUT2D eigenvalue weighted by atomic mass is 32.2. The van der Waals surface area contributed by atoms with Gasteiger partial charge in [0.05, 0.1) is 6.54 Å². The summed E-state index contributed by atoms with van der Waals surface area (Å²) in [5, 5.41) is 3.22. The Hall–Kier alpha value is -0.850. The summed E-state index contributed by atoms with van der Waals surface area (Å²) in [5.41, 5.74) is 0. The summed E-state index contributed by atoms with van der Waals surface area (Å²) >= 11 is 0. The van der Waals surface area contributed by atoms with Crippen LogP contribution in [0.3, 0.4) is 0 Å². The molecule has 0 atom stereocenters. The quantitative estimate of drug-likeness (QED) is 0.773. The molecule has 0 amide bonds. The molecular weight excluding hydrogens is 288 g/mol. The highest BCUT2D eigenvalue weighted by molar-refractivity contribution is 7.89. The first-order chi connectivity index (χ1) is 9.88. The molecule has 1 aromatic rings. The molecule has 0 radical (unpaired) electrons. The van der Waals surface area contributed by atoms with Crippen LogP contribution in [0.4, 0.5) is 0 Å². The van der Waals surface area contributed by atoms with Crippen LogP contribution in [0.15, 0.2) is 15.4 Å². The van der Waals surface area contributed by atoms with E-state index < -0.39 is 10.0 Å². The van der Waals surface area contributed by atoms with Crippen LogP contribution < -0.4 is 10.0 Å². The van der Waals surface area contributed by atoms with Gasteiger partial charge < -0.3 is 9.73 Å². The van der Waals surface area contributed by atoms with Gasteiger partial charge in [-0.3, -0.25) is 0 Å². The van der Waals surface area contributed by atoms with Gasteiger partial charge in [0.1, 0.15) is 16.4 Å². The standard InChI is InChI=1S/C15H26N2O3S/c1-11(2)16-10-14-9-15(12(3)20-14)21(18,19)17-8-7-13-5-4-6-13/h9,11,13,16-17H,4-8,10H2,1-3H3. The summed E-state index contributed by atoms with van der Waals surface area (Å²) < 4.78 is 32.8. The van der Waals surface area contributed by atoms with E-state index in [0.717, 1.165) is 6.42 Å². The summed E-state index contributed by atoms with van der Waals surface area (Å²) in [6.45, 7) is 6.82. The first-order valence-corrected chi connectivity index (χ1v) is 9.19. The summed E-state index contributed by atoms with van der Waals surface area (Å²) in [6.07, 6.45) is 4.68. The van der Waals surface area contributed by atoms with Crippen LogP contribution in [-0.4, -0.2) is 21.0 Å². The maximum atomic E-state index is 12.3. The van der Waals surface area contributed by atoms with Gasteiger partial charge in [0.25, 0.3) is 0 Å². The van der Waals surface area contributed by atoms with Gasteiger partial charge in [-0.05, 0) is 19.3 Å². The molecule has 0 aliphatic heterocycles. The van der Waals surface area contributed by atoms with E-state index >= 15 is 0 Å². The van der Waals surface area contributed by atoms with Crippen LogP contribution in [0, 0.1) is 12.8 Å². The first-order valence-electron chi connectivity index (χ1n) is 7.71. The highest BCUT2D eigenvalue weighted by Crippen LogP contribution is 2.29. The molecule has 120 valence electrons. The Morgan fingerprint density at radius 2 is 2.10 bits per heavy atom. The van der Waals surface area contributed by atoms with Crippen LogP contribution >= 0.6 is 0 Å². The van der Waals surface area contributed by atoms with Crippen molar-refractivity contribution < 1.29 is 12.8 Å². The van der Waals surface area contributed by atoms with Gasteiger partial charge in [-0.25, -0.2) is 13.1 Å². The molecule has 1 aliphatic rings. The molecule has 1 aromatic heterocycles. The molecular formula is C15H26N2O3S. The number of furan rings is 1. The summed E-state index contributed by atoms with van der Waals surface area (Å²) in [5.74, 6) is 1.80. The predicted octanol–water partition coefficient (Wildman–Crippen LogP) is 2.55. The van der Waals surface area contributed by atoms with Gasteiger partial charge >= 0.3 is 0 Å². The van der Waals surface area contributed by atoms with Crippen molar-refractivity contribution >= 4 is 10.0 Å². The molecule has 2 N–H and O–H groups in total. The average molecular weight is 314 g/mol. The predicted molar refractivity (Wildman–Crippen MR) is 82.6 cm³/mol. The Kier molecular flexibility index (Phi) is 5.46. The van der Waals surface area contributed by atoms with E-state index in [2.05, 4.69) is 10.0 Å². The molecule has 1 fully saturated rings. The van der Waals surface area contributed by atoms with Gasteiger partial charge in [0.15, 0.2) is 0 Å². The van der Waals surface area contributed by atoms with Crippen molar-refractivity contribution in [2.75, 3.05) is 6.54 Å². The number of rotatable bonds is 8. The zero-order valence-corrected chi connectivity index (χ0v) is 13.9. The molecule has 0 bridgehead atoms. The second kappa shape index (κ2) is 6.94. The Bertz CT molecular complexity index is 559. The van der Waals surface area contributed by atoms with Gasteiger partial charge in [-0.1, -0.05) is 33.1 Å². The fraction of sp³-hybridized carbons (Fsp3) is 0.733. The molecule has 0 aromatic carbocycles. The molecule has 1 aliphatic carbocycles. The smallest absolute Gasteiger partial charge is 0.244 e. The average Bonchev–Trinajstić information content (AvgIpc) is 2.72. The lowest BCUT2D eigenvalue weighted by Crippen LogP contribution is -2.27. The van der Waals surface area contributed by atoms with Gasteiger partial charge in [-0.2, -0.15) is 0 Å². The van der Waals surface area contributed by atoms with Crippen molar-refractivity contribution in [2.24, 2.45) is 5.92 Å². The van der Waals surface area contributed by atoms with Crippen molar-refractivity contribution in [3.63, 3.8) is 0 Å². The van der Waals surface area contributed by atoms with E-state index in [1.165, 1.54) is 19.3 Å². The van der Waals surface area contributed by atoms with Gasteiger partial charge in [-0.15, -0.1) is 0 Å². The lowest BCUT2D eigenvalue weighted by atomic mass is 9.83. The van der Waals surface area contributed by atoms with E-state index in [1.807, 2.05) is 13.8 Å². The Balaban J connectivity index is 1.94. The second-order valence-corrected chi connectivity index (χ2v) is 7.89. The monoisotopic (exact) mass is 314 g/mol. The zero-order valence-electron chi connectivity index (χ0n) is 13.1. The largest absolute Gasteiger partial charge is 0.464 e. The van der Waals surface area contributed by atoms with Crippen molar-refractivity contribution in [2.45, 2.75) is 63.9 Å². The maximum Gasteiger partial charge on any atom is 0.244 e. The van der Waals surface area contributed by atoms with Crippen LogP contribution in [0.1, 0.15) is 51.1 Å². The van der Waals surface area contributed by atoms with E-state index in [0.29, 0.717) is 36.6 Å². The minimum absolute atomic E-state index is 0.261. The molecule has 6 heteroatoms. The van der Waals surface area contributed by atoms with Crippen LogP contribution in [0.25, 0.3) is 0 Å². The summed E-state index contributed by atoms with van der Waals surface area (Å²) in [6, 6.07) is 1.95. The van der Waals surface area contributed by atoms with Crippen molar-refractivity contribution in [1.82, 2.24) is 10.0 Å². The summed E-state index contributed by atoms with van der Waals surface area (Å²) in [4.78, 5) is 0.261. The van der Waals surface area contributed by atoms with Gasteiger partial charge in [0.2, 0.25) is 10.0 Å². The lowest BCUT2D eigenvalue weighted by Gasteiger charge is -2.25. The number of hydrogen-bond acceptors (Lipinski definition) is 4. The first kappa shape index (κ1) is 16.5. The van der Waals surface area contributed by atoms with E-state index in [1.54, 1.807) is 13.0 Å². The Morgan fingerprint density at radius 3 is 2.67 bits per heavy atom. The molecule has 0 spiro atoms. The number of nitrogens with one attached hydrogen (secondary N) is 2. The minimum atomic E-state index is -3.46. The highest BCUT2D eigenvalue weighted by Gasteiger charge is 2.23. The van der Waals surface area contributed by atoms with Crippen LogP contribution in [-0.2, 0) is 16.6 Å². The fourth-order valence-electron chi connectivity index (χ4n) is 2.44. The number of hydrogen-bond donors (Lipinski definition) is 2. The molecule has 1 saturated carbocycles. The number of aryl methyl sites for hydroxylation is 1. The van der Waals surface area contributed by atoms with E-state index in [4.69, 9.17) is 4.42 Å². The molecule has 0 saturated heterocycles. The van der Waals surface area contributed by atoms with Crippen molar-refractivity contribution in [1.29, 1.82) is 0 Å². The van der Waals surface area contributed by atoms with Gasteiger partial charge in [0, 0.05) is 18.7 Å². The SMILES string of the molecule is Cc1oc(CNC(C)C)cc1S(=O)(=O)NCCC1CCC1. The van der Waals surface area contributed by atoms with Crippen LogP contribution in [0.2, 0.25) is 0 Å². The Morgan fingerprint density at radius 1 is 1.38 bits per heavy atom. The lowest BCUT2D eigenvalue weighted by molar-refractivity contribution is 0.297. The van der Waals surface area contributed by atoms with E-state index in [9.17, 15) is 8.42 Å². The second-order valence-electron chi connectivity index (χ2n) is 6.15. The third-order valence-corrected chi connectivity index (χ3v) is 5.54. The maximum absolute atomic E-state index is 12.3. The minimum Gasteiger partial charge on any atom is -0.464 e. The molecule has 2 rings (SSSR count). The third kappa shape index (κ3) is 4.56. The normalized spacial score (nSPS) is 16.4. The molecule has 1 heterocycles. The third-order valence-electron chi connectivity index (χ3n) is 3.97. The van der Waals surface area contributed by atoms with E-state index in [-0.39, 0.29) is 4.90 Å². The van der Waals surface area contributed by atoms with Crippen molar-refractivity contribution in [3.05, 3.63) is 17.6 Å². The molecule has 0 unspecified atom stereocenters. The fourth-order valence-corrected chi connectivity index (χ4v) is 3.69. The molecule has 21 heavy (non-hydrogen) atoms. The number of sulfonamides is 1.